The topological polar surface area (TPSA) is 57.5 Å². The van der Waals surface area contributed by atoms with Crippen molar-refractivity contribution in [3.63, 3.8) is 0 Å². The molecule has 0 aliphatic rings. The largest absolute Gasteiger partial charge is 0.386 e. The minimum atomic E-state index is -2.97. The summed E-state index contributed by atoms with van der Waals surface area (Å²) in [5.41, 5.74) is 0.877. The van der Waals surface area contributed by atoms with E-state index in [9.17, 15) is 14.8 Å². The molecule has 1 aromatic rings. The van der Waals surface area contributed by atoms with Crippen LogP contribution in [0.5, 0.6) is 0 Å². The van der Waals surface area contributed by atoms with Crippen molar-refractivity contribution < 1.29 is 14.8 Å². The fourth-order valence-corrected chi connectivity index (χ4v) is 3.38. The van der Waals surface area contributed by atoms with Crippen molar-refractivity contribution in [2.75, 3.05) is 0 Å². The molecule has 0 radical (unpaired) electrons. The number of aliphatic hydroxyl groups is 2. The second-order valence-electron chi connectivity index (χ2n) is 3.76. The van der Waals surface area contributed by atoms with Crippen molar-refractivity contribution in [3.05, 3.63) is 35.9 Å². The lowest BCUT2D eigenvalue weighted by Gasteiger charge is -2.23. The molecule has 3 nitrogen and oxygen atoms in total. The molecule has 2 unspecified atom stereocenters. The smallest absolute Gasteiger partial charge is 0.145 e. The van der Waals surface area contributed by atoms with Gasteiger partial charge in [-0.3, -0.25) is 0 Å². The van der Waals surface area contributed by atoms with Crippen molar-refractivity contribution in [3.8, 4) is 0 Å². The van der Waals surface area contributed by atoms with Gasteiger partial charge in [0, 0.05) is 6.16 Å². The molecule has 0 aliphatic heterocycles. The first-order chi connectivity index (χ1) is 6.97. The monoisotopic (exact) mass is 228 g/mol. The van der Waals surface area contributed by atoms with Crippen molar-refractivity contribution in [1.29, 1.82) is 0 Å². The first-order valence-electron chi connectivity index (χ1n) is 4.95. The van der Waals surface area contributed by atoms with Crippen LogP contribution in [0.25, 0.3) is 0 Å². The van der Waals surface area contributed by atoms with Crippen molar-refractivity contribution >= 4 is 7.14 Å². The quantitative estimate of drug-likeness (QED) is 0.777. The summed E-state index contributed by atoms with van der Waals surface area (Å²) >= 11 is 0. The van der Waals surface area contributed by atoms with Gasteiger partial charge in [-0.1, -0.05) is 30.3 Å². The van der Waals surface area contributed by atoms with Crippen LogP contribution in [0.2, 0.25) is 0 Å². The highest BCUT2D eigenvalue weighted by molar-refractivity contribution is 7.64. The Balaban J connectivity index is 2.91. The van der Waals surface area contributed by atoms with Gasteiger partial charge in [-0.05, 0) is 19.4 Å². The molecule has 2 atom stereocenters. The van der Waals surface area contributed by atoms with Gasteiger partial charge < -0.3 is 14.8 Å². The molecular formula is C11H17O3P. The van der Waals surface area contributed by atoms with Gasteiger partial charge in [-0.2, -0.15) is 0 Å². The molecule has 0 saturated heterocycles. The van der Waals surface area contributed by atoms with Crippen molar-refractivity contribution in [1.82, 2.24) is 0 Å². The normalized spacial score (nSPS) is 19.2. The molecule has 0 saturated carbocycles. The van der Waals surface area contributed by atoms with Crippen molar-refractivity contribution in [2.24, 2.45) is 0 Å². The molecule has 1 rings (SSSR count). The molecule has 2 N–H and O–H groups in total. The van der Waals surface area contributed by atoms with Crippen LogP contribution >= 0.6 is 7.14 Å². The van der Waals surface area contributed by atoms with E-state index in [-0.39, 0.29) is 6.16 Å². The molecule has 0 heterocycles. The zero-order valence-corrected chi connectivity index (χ0v) is 9.89. The predicted molar refractivity (Wildman–Crippen MR) is 61.1 cm³/mol. The van der Waals surface area contributed by atoms with Crippen LogP contribution in [-0.2, 0) is 10.7 Å². The number of hydrogen-bond donors (Lipinski definition) is 2. The summed E-state index contributed by atoms with van der Waals surface area (Å²) < 4.78 is 12.3. The Labute approximate surface area is 90.1 Å². The van der Waals surface area contributed by atoms with Gasteiger partial charge >= 0.3 is 0 Å². The highest BCUT2D eigenvalue weighted by Gasteiger charge is 2.33. The zero-order valence-electron chi connectivity index (χ0n) is 9.00. The van der Waals surface area contributed by atoms with Crippen LogP contribution < -0.4 is 0 Å². The van der Waals surface area contributed by atoms with Crippen LogP contribution in [0.4, 0.5) is 0 Å². The summed E-state index contributed by atoms with van der Waals surface area (Å²) in [5.74, 6) is -1.95. The van der Waals surface area contributed by atoms with E-state index in [4.69, 9.17) is 0 Å². The third-order valence-corrected chi connectivity index (χ3v) is 5.93. The molecule has 15 heavy (non-hydrogen) atoms. The summed E-state index contributed by atoms with van der Waals surface area (Å²) in [4.78, 5) is 0. The summed E-state index contributed by atoms with van der Waals surface area (Å²) in [6.07, 6.45) is 0.239. The maximum absolute atomic E-state index is 12.3. The van der Waals surface area contributed by atoms with Gasteiger partial charge in [-0.25, -0.2) is 0 Å². The second-order valence-corrected chi connectivity index (χ2v) is 7.28. The maximum Gasteiger partial charge on any atom is 0.145 e. The summed E-state index contributed by atoms with van der Waals surface area (Å²) in [5, 5.41) is 19.0. The minimum absolute atomic E-state index is 0.239. The fraction of sp³-hybridized carbons (Fsp3) is 0.455. The molecule has 84 valence electrons. The Hall–Kier alpha value is -0.630. The van der Waals surface area contributed by atoms with E-state index in [1.165, 1.54) is 13.8 Å². The first-order valence-corrected chi connectivity index (χ1v) is 6.98. The van der Waals surface area contributed by atoms with E-state index < -0.39 is 18.8 Å². The lowest BCUT2D eigenvalue weighted by atomic mass is 10.2. The van der Waals surface area contributed by atoms with Gasteiger partial charge in [-0.15, -0.1) is 0 Å². The molecule has 0 amide bonds. The third-order valence-electron chi connectivity index (χ3n) is 2.54. The van der Waals surface area contributed by atoms with E-state index in [2.05, 4.69) is 0 Å². The Bertz CT molecular complexity index is 334. The number of hydrogen-bond acceptors (Lipinski definition) is 3. The van der Waals surface area contributed by atoms with Gasteiger partial charge in [0.25, 0.3) is 0 Å². The van der Waals surface area contributed by atoms with E-state index >= 15 is 0 Å². The van der Waals surface area contributed by atoms with Crippen LogP contribution in [0.3, 0.4) is 0 Å². The Morgan fingerprint density at radius 3 is 2.00 bits per heavy atom. The molecule has 1 aromatic carbocycles. The summed E-state index contributed by atoms with van der Waals surface area (Å²) in [6, 6.07) is 9.27. The van der Waals surface area contributed by atoms with E-state index in [1.807, 2.05) is 30.3 Å². The van der Waals surface area contributed by atoms with E-state index in [0.29, 0.717) is 0 Å². The molecule has 4 heteroatoms. The maximum atomic E-state index is 12.3. The predicted octanol–water partition coefficient (Wildman–Crippen LogP) is 2.23. The van der Waals surface area contributed by atoms with Crippen LogP contribution in [0.15, 0.2) is 30.3 Å². The van der Waals surface area contributed by atoms with Gasteiger partial charge in [0.15, 0.2) is 0 Å². The lowest BCUT2D eigenvalue weighted by molar-refractivity contribution is 0.227. The highest BCUT2D eigenvalue weighted by atomic mass is 31.2. The molecule has 0 fully saturated rings. The van der Waals surface area contributed by atoms with Crippen LogP contribution in [-0.4, -0.2) is 21.9 Å². The number of benzene rings is 1. The SMILES string of the molecule is CC(O)P(=O)(Cc1ccccc1)C(C)O. The van der Waals surface area contributed by atoms with E-state index in [1.54, 1.807) is 0 Å². The molecule has 0 aromatic heterocycles. The van der Waals surface area contributed by atoms with Crippen LogP contribution in [0, 0.1) is 0 Å². The summed E-state index contributed by atoms with van der Waals surface area (Å²) in [6.45, 7) is 2.94. The second kappa shape index (κ2) is 4.93. The molecule has 0 spiro atoms. The Morgan fingerprint density at radius 2 is 1.60 bits per heavy atom. The zero-order chi connectivity index (χ0) is 11.5. The van der Waals surface area contributed by atoms with Gasteiger partial charge in [0.05, 0.1) is 0 Å². The third kappa shape index (κ3) is 2.91. The number of aliphatic hydroxyl groups excluding tert-OH is 2. The van der Waals surface area contributed by atoms with Gasteiger partial charge in [0.2, 0.25) is 0 Å². The molecule has 0 aliphatic carbocycles. The van der Waals surface area contributed by atoms with E-state index in [0.717, 1.165) is 5.56 Å². The minimum Gasteiger partial charge on any atom is -0.386 e. The number of rotatable bonds is 4. The van der Waals surface area contributed by atoms with Gasteiger partial charge in [0.1, 0.15) is 18.8 Å². The first kappa shape index (κ1) is 12.4. The molecular weight excluding hydrogens is 211 g/mol. The summed E-state index contributed by atoms with van der Waals surface area (Å²) in [7, 11) is -2.97. The average Bonchev–Trinajstić information content (AvgIpc) is 2.18. The molecule has 0 bridgehead atoms. The average molecular weight is 228 g/mol. The lowest BCUT2D eigenvalue weighted by Crippen LogP contribution is -2.14. The fourth-order valence-electron chi connectivity index (χ4n) is 1.45. The Morgan fingerprint density at radius 1 is 1.13 bits per heavy atom. The van der Waals surface area contributed by atoms with Crippen molar-refractivity contribution in [2.45, 2.75) is 31.7 Å². The Kier molecular flexibility index (Phi) is 4.09. The highest BCUT2D eigenvalue weighted by Crippen LogP contribution is 2.55. The van der Waals surface area contributed by atoms with Crippen LogP contribution in [0.1, 0.15) is 19.4 Å². The standard InChI is InChI=1S/C11H17O3P/c1-9(12)15(14,10(2)13)8-11-6-4-3-5-7-11/h3-7,9-10,12-13H,8H2,1-2H3.